The van der Waals surface area contributed by atoms with Crippen molar-refractivity contribution in [2.24, 2.45) is 10.2 Å². The van der Waals surface area contributed by atoms with Crippen molar-refractivity contribution in [2.45, 2.75) is 19.3 Å². The van der Waals surface area contributed by atoms with Gasteiger partial charge in [-0.3, -0.25) is 0 Å². The van der Waals surface area contributed by atoms with E-state index < -0.39 is 0 Å². The second-order valence-electron chi connectivity index (χ2n) is 3.12. The first-order chi connectivity index (χ1) is 6.45. The monoisotopic (exact) mass is 172 g/mol. The van der Waals surface area contributed by atoms with Gasteiger partial charge in [0.1, 0.15) is 0 Å². The Hall–Kier alpha value is -1.44. The number of hydrogen-bond acceptors (Lipinski definition) is 2. The van der Waals surface area contributed by atoms with E-state index in [1.54, 1.807) is 0 Å². The van der Waals surface area contributed by atoms with Crippen molar-refractivity contribution >= 4 is 5.69 Å². The second kappa shape index (κ2) is 3.99. The average Bonchev–Trinajstić information content (AvgIpc) is 2.69. The molecule has 0 aliphatic heterocycles. The second-order valence-corrected chi connectivity index (χ2v) is 3.12. The summed E-state index contributed by atoms with van der Waals surface area (Å²) in [5.41, 5.74) is 2.05. The lowest BCUT2D eigenvalue weighted by atomic mass is 10.3. The maximum absolute atomic E-state index is 4.18. The third kappa shape index (κ3) is 2.25. The molecule has 0 N–H and O–H groups in total. The van der Waals surface area contributed by atoms with E-state index in [0.717, 1.165) is 24.2 Å². The van der Waals surface area contributed by atoms with Crippen LogP contribution in [0.15, 0.2) is 52.3 Å². The maximum Gasteiger partial charge on any atom is 0.0856 e. The summed E-state index contributed by atoms with van der Waals surface area (Å²) in [5.74, 6) is 0. The maximum atomic E-state index is 4.18. The Bertz CT molecular complexity index is 325. The number of rotatable bonds is 2. The van der Waals surface area contributed by atoms with Gasteiger partial charge in [0.05, 0.1) is 11.4 Å². The zero-order valence-electron chi connectivity index (χ0n) is 7.48. The molecular formula is C11H12N2. The zero-order chi connectivity index (χ0) is 8.93. The van der Waals surface area contributed by atoms with Crippen LogP contribution in [0.5, 0.6) is 0 Å². The molecule has 0 heterocycles. The molecule has 66 valence electrons. The van der Waals surface area contributed by atoms with Gasteiger partial charge in [-0.25, -0.2) is 0 Å². The Morgan fingerprint density at radius 2 is 1.85 bits per heavy atom. The van der Waals surface area contributed by atoms with Gasteiger partial charge in [-0.1, -0.05) is 24.3 Å². The van der Waals surface area contributed by atoms with Crippen LogP contribution in [-0.2, 0) is 0 Å². The van der Waals surface area contributed by atoms with Crippen molar-refractivity contribution in [3.63, 3.8) is 0 Å². The van der Waals surface area contributed by atoms with Crippen LogP contribution in [0.2, 0.25) is 0 Å². The van der Waals surface area contributed by atoms with Crippen LogP contribution in [-0.4, -0.2) is 0 Å². The van der Waals surface area contributed by atoms with Crippen molar-refractivity contribution in [1.82, 2.24) is 0 Å². The minimum absolute atomic E-state index is 0.926. The predicted molar refractivity (Wildman–Crippen MR) is 52.9 cm³/mol. The zero-order valence-corrected chi connectivity index (χ0v) is 7.48. The molecule has 0 spiro atoms. The van der Waals surface area contributed by atoms with E-state index in [2.05, 4.69) is 16.3 Å². The number of azo groups is 1. The van der Waals surface area contributed by atoms with Gasteiger partial charge in [-0.2, -0.15) is 10.2 Å². The summed E-state index contributed by atoms with van der Waals surface area (Å²) in [6.45, 7) is 0. The SMILES string of the molecule is C1=C(N=Nc2ccccc2)CCC1. The molecule has 0 bridgehead atoms. The van der Waals surface area contributed by atoms with Gasteiger partial charge in [-0.15, -0.1) is 0 Å². The molecule has 2 rings (SSSR count). The van der Waals surface area contributed by atoms with E-state index in [1.807, 2.05) is 30.3 Å². The summed E-state index contributed by atoms with van der Waals surface area (Å²) in [6, 6.07) is 9.83. The van der Waals surface area contributed by atoms with Crippen molar-refractivity contribution in [1.29, 1.82) is 0 Å². The fourth-order valence-electron chi connectivity index (χ4n) is 1.36. The van der Waals surface area contributed by atoms with Crippen LogP contribution in [0.25, 0.3) is 0 Å². The number of allylic oxidation sites excluding steroid dienone is 2. The smallest absolute Gasteiger partial charge is 0.0856 e. The Labute approximate surface area is 78.0 Å². The van der Waals surface area contributed by atoms with E-state index in [-0.39, 0.29) is 0 Å². The average molecular weight is 172 g/mol. The summed E-state index contributed by atoms with van der Waals surface area (Å²) in [5, 5.41) is 8.32. The largest absolute Gasteiger partial charge is 0.155 e. The molecule has 0 amide bonds. The van der Waals surface area contributed by atoms with Crippen LogP contribution in [0.4, 0.5) is 5.69 Å². The van der Waals surface area contributed by atoms with E-state index in [4.69, 9.17) is 0 Å². The molecule has 0 radical (unpaired) electrons. The van der Waals surface area contributed by atoms with Gasteiger partial charge >= 0.3 is 0 Å². The molecule has 1 aromatic carbocycles. The first-order valence-electron chi connectivity index (χ1n) is 4.61. The van der Waals surface area contributed by atoms with Crippen molar-refractivity contribution in [2.75, 3.05) is 0 Å². The Morgan fingerprint density at radius 3 is 2.54 bits per heavy atom. The van der Waals surface area contributed by atoms with E-state index in [1.165, 1.54) is 6.42 Å². The summed E-state index contributed by atoms with van der Waals surface area (Å²) in [7, 11) is 0. The number of benzene rings is 1. The van der Waals surface area contributed by atoms with Crippen LogP contribution in [0, 0.1) is 0 Å². The summed E-state index contributed by atoms with van der Waals surface area (Å²) >= 11 is 0. The highest BCUT2D eigenvalue weighted by Crippen LogP contribution is 2.20. The van der Waals surface area contributed by atoms with Crippen molar-refractivity contribution < 1.29 is 0 Å². The molecule has 1 aliphatic carbocycles. The molecule has 1 aromatic rings. The van der Waals surface area contributed by atoms with Crippen molar-refractivity contribution in [3.05, 3.63) is 42.1 Å². The molecule has 2 nitrogen and oxygen atoms in total. The third-order valence-electron chi connectivity index (χ3n) is 2.07. The molecule has 0 saturated heterocycles. The Balaban J connectivity index is 2.05. The van der Waals surface area contributed by atoms with Crippen LogP contribution in [0.3, 0.4) is 0 Å². The van der Waals surface area contributed by atoms with E-state index in [9.17, 15) is 0 Å². The highest BCUT2D eigenvalue weighted by atomic mass is 15.1. The number of hydrogen-bond donors (Lipinski definition) is 0. The standard InChI is InChI=1S/C11H12N2/c1-2-6-10(7-3-1)12-13-11-8-4-5-9-11/h1-3,6-8H,4-5,9H2. The minimum atomic E-state index is 0.926. The normalized spacial score (nSPS) is 16.5. The molecule has 2 heteroatoms. The molecule has 0 aromatic heterocycles. The molecule has 0 unspecified atom stereocenters. The van der Waals surface area contributed by atoms with E-state index >= 15 is 0 Å². The topological polar surface area (TPSA) is 24.7 Å². The molecule has 13 heavy (non-hydrogen) atoms. The lowest BCUT2D eigenvalue weighted by molar-refractivity contribution is 0.888. The first kappa shape index (κ1) is 8.17. The summed E-state index contributed by atoms with van der Waals surface area (Å²) < 4.78 is 0. The van der Waals surface area contributed by atoms with Gasteiger partial charge in [0, 0.05) is 0 Å². The van der Waals surface area contributed by atoms with Gasteiger partial charge in [-0.05, 0) is 31.4 Å². The number of nitrogens with zero attached hydrogens (tertiary/aromatic N) is 2. The summed E-state index contributed by atoms with van der Waals surface area (Å²) in [4.78, 5) is 0. The minimum Gasteiger partial charge on any atom is -0.155 e. The van der Waals surface area contributed by atoms with Gasteiger partial charge in [0.2, 0.25) is 0 Å². The third-order valence-corrected chi connectivity index (χ3v) is 2.07. The van der Waals surface area contributed by atoms with Crippen LogP contribution >= 0.6 is 0 Å². The highest BCUT2D eigenvalue weighted by molar-refractivity contribution is 5.35. The Morgan fingerprint density at radius 1 is 1.00 bits per heavy atom. The van der Waals surface area contributed by atoms with Gasteiger partial charge in [0.25, 0.3) is 0 Å². The lowest BCUT2D eigenvalue weighted by Gasteiger charge is -1.91. The van der Waals surface area contributed by atoms with Crippen molar-refractivity contribution in [3.8, 4) is 0 Å². The predicted octanol–water partition coefficient (Wildman–Crippen LogP) is 3.84. The van der Waals surface area contributed by atoms with Crippen LogP contribution in [0.1, 0.15) is 19.3 Å². The fourth-order valence-corrected chi connectivity index (χ4v) is 1.36. The first-order valence-corrected chi connectivity index (χ1v) is 4.61. The van der Waals surface area contributed by atoms with Gasteiger partial charge in [0.15, 0.2) is 0 Å². The molecule has 0 atom stereocenters. The highest BCUT2D eigenvalue weighted by Gasteiger charge is 2.01. The quantitative estimate of drug-likeness (QED) is 0.605. The van der Waals surface area contributed by atoms with Crippen LogP contribution < -0.4 is 0 Å². The molecule has 0 fully saturated rings. The lowest BCUT2D eigenvalue weighted by Crippen LogP contribution is -1.67. The van der Waals surface area contributed by atoms with E-state index in [0.29, 0.717) is 0 Å². The summed E-state index contributed by atoms with van der Waals surface area (Å²) in [6.07, 6.45) is 5.62. The Kier molecular flexibility index (Phi) is 2.51. The van der Waals surface area contributed by atoms with Gasteiger partial charge < -0.3 is 0 Å². The molecule has 0 saturated carbocycles. The molecular weight excluding hydrogens is 160 g/mol. The fraction of sp³-hybridized carbons (Fsp3) is 0.273. The molecule has 1 aliphatic rings.